The zero-order valence-electron chi connectivity index (χ0n) is 39.9. The fourth-order valence-corrected chi connectivity index (χ4v) is 15.6. The van der Waals surface area contributed by atoms with Gasteiger partial charge in [-0.3, -0.25) is 0 Å². The van der Waals surface area contributed by atoms with Crippen LogP contribution in [0.4, 0.5) is 0 Å². The van der Waals surface area contributed by atoms with Gasteiger partial charge in [0, 0.05) is 0 Å². The minimum absolute atomic E-state index is 1.12. The van der Waals surface area contributed by atoms with Gasteiger partial charge in [-0.05, 0) is 0 Å². The van der Waals surface area contributed by atoms with E-state index in [1.807, 2.05) is 0 Å². The fraction of sp³-hybridized carbons (Fsp3) is 1.00. The minimum atomic E-state index is -2.72. The first kappa shape index (κ1) is 56.4. The minimum Gasteiger partial charge on any atom is -0.0654 e. The summed E-state index contributed by atoms with van der Waals surface area (Å²) in [5.74, 6) is 0. The van der Waals surface area contributed by atoms with E-state index in [4.69, 9.17) is 0 Å². The summed E-state index contributed by atoms with van der Waals surface area (Å²) in [6, 6.07) is 0. The average molecular weight is 851 g/mol. The first-order valence-corrected chi connectivity index (χ1v) is 32.0. The Hall–Kier alpha value is 0.358. The Morgan fingerprint density at radius 3 is 0.411 bits per heavy atom. The molecular formula is C54H111AsO. The molecule has 0 atom stereocenters. The molecular weight excluding hydrogens is 740 g/mol. The van der Waals surface area contributed by atoms with Crippen molar-refractivity contribution in [1.82, 2.24) is 0 Å². The smallest absolute Gasteiger partial charge is 0.0654 e. The predicted octanol–water partition coefficient (Wildman–Crippen LogP) is 21.1. The second-order valence-electron chi connectivity index (χ2n) is 19.1. The molecule has 338 valence electrons. The van der Waals surface area contributed by atoms with Gasteiger partial charge in [0.15, 0.2) is 0 Å². The normalized spacial score (nSPS) is 12.0. The SMILES string of the molecule is CCCCCCCCCCCCCCCCCC[As](=O)(CCCCCCCCCCCCCCCCCC)CCCCCCCCCCCCCCCCCC. The van der Waals surface area contributed by atoms with Gasteiger partial charge in [-0.2, -0.15) is 0 Å². The van der Waals surface area contributed by atoms with Crippen LogP contribution >= 0.6 is 0 Å². The summed E-state index contributed by atoms with van der Waals surface area (Å²) in [5.41, 5.74) is 0. The molecule has 0 aliphatic carbocycles. The van der Waals surface area contributed by atoms with E-state index < -0.39 is 13.5 Å². The van der Waals surface area contributed by atoms with Crippen molar-refractivity contribution in [2.45, 2.75) is 345 Å². The van der Waals surface area contributed by atoms with E-state index in [1.165, 1.54) is 308 Å². The average Bonchev–Trinajstić information content (AvgIpc) is 3.20. The molecule has 0 aromatic rings. The first-order valence-electron chi connectivity index (χ1n) is 27.3. The van der Waals surface area contributed by atoms with E-state index in [0.717, 1.165) is 15.6 Å². The predicted molar refractivity (Wildman–Crippen MR) is 259 cm³/mol. The second kappa shape index (κ2) is 49.7. The Bertz CT molecular complexity index is 637. The van der Waals surface area contributed by atoms with Crippen LogP contribution in [0.15, 0.2) is 0 Å². The molecule has 1 nitrogen and oxygen atoms in total. The Labute approximate surface area is 360 Å². The summed E-state index contributed by atoms with van der Waals surface area (Å²) < 4.78 is 14.3. The molecule has 0 unspecified atom stereocenters. The van der Waals surface area contributed by atoms with Crippen molar-refractivity contribution in [3.05, 3.63) is 0 Å². The zero-order chi connectivity index (χ0) is 40.6. The van der Waals surface area contributed by atoms with Gasteiger partial charge in [-0.15, -0.1) is 0 Å². The number of unbranched alkanes of at least 4 members (excludes halogenated alkanes) is 45. The van der Waals surface area contributed by atoms with Gasteiger partial charge in [0.25, 0.3) is 0 Å². The van der Waals surface area contributed by atoms with Crippen LogP contribution in [0.5, 0.6) is 0 Å². The van der Waals surface area contributed by atoms with Gasteiger partial charge >= 0.3 is 245 Å². The van der Waals surface area contributed by atoms with E-state index in [9.17, 15) is 3.74 Å². The van der Waals surface area contributed by atoms with Crippen molar-refractivity contribution >= 4 is 13.5 Å². The maximum absolute atomic E-state index is 14.3. The summed E-state index contributed by atoms with van der Waals surface area (Å²) >= 11 is -2.72. The Balaban J connectivity index is 4.08. The van der Waals surface area contributed by atoms with Gasteiger partial charge in [0.2, 0.25) is 0 Å². The van der Waals surface area contributed by atoms with Crippen molar-refractivity contribution in [1.29, 1.82) is 0 Å². The number of rotatable bonds is 51. The molecule has 0 aromatic heterocycles. The summed E-state index contributed by atoms with van der Waals surface area (Å²) in [4.78, 5) is 0. The van der Waals surface area contributed by atoms with Gasteiger partial charge in [-0.25, -0.2) is 0 Å². The molecule has 0 aromatic carbocycles. The van der Waals surface area contributed by atoms with Crippen molar-refractivity contribution < 1.29 is 3.74 Å². The van der Waals surface area contributed by atoms with Crippen LogP contribution in [0.25, 0.3) is 0 Å². The number of hydrogen-bond donors (Lipinski definition) is 0. The molecule has 0 fully saturated rings. The molecule has 0 bridgehead atoms. The molecule has 0 heterocycles. The van der Waals surface area contributed by atoms with Gasteiger partial charge in [0.1, 0.15) is 0 Å². The molecule has 0 saturated heterocycles. The van der Waals surface area contributed by atoms with Gasteiger partial charge in [-0.1, -0.05) is 117 Å². The molecule has 0 N–H and O–H groups in total. The Morgan fingerprint density at radius 1 is 0.179 bits per heavy atom. The monoisotopic (exact) mass is 851 g/mol. The molecule has 56 heavy (non-hydrogen) atoms. The molecule has 0 aliphatic rings. The molecule has 0 aliphatic heterocycles. The molecule has 0 spiro atoms. The molecule has 0 rings (SSSR count). The third kappa shape index (κ3) is 47.0. The van der Waals surface area contributed by atoms with Crippen LogP contribution in [-0.2, 0) is 3.74 Å². The van der Waals surface area contributed by atoms with E-state index in [1.54, 1.807) is 0 Å². The second-order valence-corrected chi connectivity index (χ2v) is 26.4. The van der Waals surface area contributed by atoms with E-state index >= 15 is 0 Å². The van der Waals surface area contributed by atoms with Gasteiger partial charge in [0.05, 0.1) is 0 Å². The van der Waals surface area contributed by atoms with Crippen molar-refractivity contribution in [2.75, 3.05) is 0 Å². The van der Waals surface area contributed by atoms with Crippen LogP contribution in [0.1, 0.15) is 329 Å². The fourth-order valence-electron chi connectivity index (χ4n) is 9.18. The maximum atomic E-state index is 14.3. The van der Waals surface area contributed by atoms with Crippen molar-refractivity contribution in [2.24, 2.45) is 0 Å². The van der Waals surface area contributed by atoms with Crippen molar-refractivity contribution in [3.8, 4) is 0 Å². The third-order valence-electron chi connectivity index (χ3n) is 13.3. The third-order valence-corrected chi connectivity index (χ3v) is 20.4. The molecule has 2 heteroatoms. The topological polar surface area (TPSA) is 17.1 Å². The van der Waals surface area contributed by atoms with E-state index in [0.29, 0.717) is 0 Å². The summed E-state index contributed by atoms with van der Waals surface area (Å²) in [7, 11) is 0. The molecule has 0 radical (unpaired) electrons. The van der Waals surface area contributed by atoms with E-state index in [2.05, 4.69) is 20.8 Å². The first-order chi connectivity index (χ1) is 27.7. The van der Waals surface area contributed by atoms with E-state index in [-0.39, 0.29) is 0 Å². The quantitative estimate of drug-likeness (QED) is 0.0440. The standard InChI is InChI=1S/C54H111AsO/c1-4-7-10-13-16-19-22-25-28-31-34-37-40-43-46-49-52-55(56,53-50-47-44-41-38-35-32-29-26-23-20-17-14-11-8-5-2)54-51-48-45-42-39-36-33-30-27-24-21-18-15-12-9-6-3/h4-54H2,1-3H3. The van der Waals surface area contributed by atoms with Crippen LogP contribution in [0.3, 0.4) is 0 Å². The summed E-state index contributed by atoms with van der Waals surface area (Å²) in [5, 5.41) is 3.36. The number of hydrogen-bond acceptors (Lipinski definition) is 1. The zero-order valence-corrected chi connectivity index (χ0v) is 41.8. The summed E-state index contributed by atoms with van der Waals surface area (Å²) in [6.45, 7) is 6.93. The molecule has 0 saturated carbocycles. The Morgan fingerprint density at radius 2 is 0.286 bits per heavy atom. The van der Waals surface area contributed by atoms with Crippen LogP contribution in [0.2, 0.25) is 15.6 Å². The van der Waals surface area contributed by atoms with Crippen LogP contribution < -0.4 is 0 Å². The summed E-state index contributed by atoms with van der Waals surface area (Å²) in [6.07, 6.45) is 68.2. The van der Waals surface area contributed by atoms with Crippen LogP contribution in [0, 0.1) is 0 Å². The van der Waals surface area contributed by atoms with Crippen molar-refractivity contribution in [3.63, 3.8) is 0 Å². The molecule has 0 amide bonds. The Kier molecular flexibility index (Phi) is 50.0. The van der Waals surface area contributed by atoms with Gasteiger partial charge < -0.3 is 0 Å². The van der Waals surface area contributed by atoms with Crippen LogP contribution in [-0.4, -0.2) is 13.5 Å².